The van der Waals surface area contributed by atoms with Gasteiger partial charge in [0.2, 0.25) is 0 Å². The Morgan fingerprint density at radius 2 is 1.97 bits per heavy atom. The molecule has 0 aliphatic rings. The zero-order chi connectivity index (χ0) is 24.8. The van der Waals surface area contributed by atoms with E-state index in [4.69, 9.17) is 4.74 Å². The number of hydrogen-bond donors (Lipinski definition) is 2. The van der Waals surface area contributed by atoms with Crippen LogP contribution in [-0.4, -0.2) is 44.4 Å². The summed E-state index contributed by atoms with van der Waals surface area (Å²) in [4.78, 5) is 21.0. The fourth-order valence-electron chi connectivity index (χ4n) is 3.47. The number of carbonyl (C=O) groups excluding carboxylic acids is 1. The zero-order valence-electron chi connectivity index (χ0n) is 19.1. The molecule has 1 unspecified atom stereocenters. The highest BCUT2D eigenvalue weighted by atomic mass is 19.2. The number of ether oxygens (including phenoxy) is 1. The average Bonchev–Trinajstić information content (AvgIpc) is 3.25. The lowest BCUT2D eigenvalue weighted by Gasteiger charge is -2.19. The largest absolute Gasteiger partial charge is 0.382 e. The van der Waals surface area contributed by atoms with Crippen LogP contribution >= 0.6 is 0 Å². The van der Waals surface area contributed by atoms with Crippen LogP contribution in [0.2, 0.25) is 0 Å². The normalized spacial score (nSPS) is 11.8. The molecule has 4 rings (SSSR count). The Hall–Kier alpha value is -4.25. The highest BCUT2D eigenvalue weighted by molar-refractivity contribution is 5.95. The first-order valence-corrected chi connectivity index (χ1v) is 10.7. The van der Waals surface area contributed by atoms with Crippen LogP contribution in [0.15, 0.2) is 61.1 Å². The summed E-state index contributed by atoms with van der Waals surface area (Å²) in [6.45, 7) is 0.455. The van der Waals surface area contributed by atoms with Crippen molar-refractivity contribution < 1.29 is 18.3 Å². The van der Waals surface area contributed by atoms with Crippen LogP contribution in [0.5, 0.6) is 0 Å². The van der Waals surface area contributed by atoms with Crippen molar-refractivity contribution in [1.82, 2.24) is 30.0 Å². The minimum Gasteiger partial charge on any atom is -0.382 e. The maximum atomic E-state index is 13.7. The second-order valence-corrected chi connectivity index (χ2v) is 7.68. The van der Waals surface area contributed by atoms with E-state index in [0.717, 1.165) is 12.1 Å². The molecule has 35 heavy (non-hydrogen) atoms. The summed E-state index contributed by atoms with van der Waals surface area (Å²) in [5.41, 5.74) is 2.14. The first-order valence-electron chi connectivity index (χ1n) is 10.7. The molecule has 2 N–H and O–H groups in total. The van der Waals surface area contributed by atoms with Crippen molar-refractivity contribution in [2.75, 3.05) is 19.0 Å². The molecule has 0 saturated heterocycles. The third-order valence-electron chi connectivity index (χ3n) is 5.34. The van der Waals surface area contributed by atoms with Gasteiger partial charge in [0.05, 0.1) is 19.2 Å². The summed E-state index contributed by atoms with van der Waals surface area (Å²) in [6.07, 6.45) is 3.08. The van der Waals surface area contributed by atoms with Crippen molar-refractivity contribution in [1.29, 1.82) is 0 Å². The van der Waals surface area contributed by atoms with Crippen LogP contribution in [0.3, 0.4) is 0 Å². The molecule has 4 aromatic rings. The van der Waals surface area contributed by atoms with Gasteiger partial charge in [0.1, 0.15) is 12.0 Å². The summed E-state index contributed by atoms with van der Waals surface area (Å²) < 4.78 is 34.0. The first kappa shape index (κ1) is 23.9. The highest BCUT2D eigenvalue weighted by Crippen LogP contribution is 2.19. The molecule has 0 aliphatic heterocycles. The third-order valence-corrected chi connectivity index (χ3v) is 5.34. The van der Waals surface area contributed by atoms with E-state index in [1.807, 2.05) is 17.7 Å². The lowest BCUT2D eigenvalue weighted by molar-refractivity contribution is 0.0896. The molecule has 2 aromatic carbocycles. The first-order chi connectivity index (χ1) is 17.0. The summed E-state index contributed by atoms with van der Waals surface area (Å²) in [5.74, 6) is -1.05. The van der Waals surface area contributed by atoms with Crippen molar-refractivity contribution >= 4 is 11.6 Å². The van der Waals surface area contributed by atoms with Crippen molar-refractivity contribution in [2.45, 2.75) is 12.6 Å². The van der Waals surface area contributed by atoms with E-state index < -0.39 is 17.7 Å². The van der Waals surface area contributed by atoms with Crippen LogP contribution in [0.1, 0.15) is 27.8 Å². The Balaban J connectivity index is 1.44. The number of benzene rings is 2. The quantitative estimate of drug-likeness (QED) is 0.379. The second kappa shape index (κ2) is 10.8. The van der Waals surface area contributed by atoms with Crippen LogP contribution in [0, 0.1) is 11.6 Å². The maximum absolute atomic E-state index is 13.7. The lowest BCUT2D eigenvalue weighted by atomic mass is 10.1. The van der Waals surface area contributed by atoms with Gasteiger partial charge < -0.3 is 19.9 Å². The van der Waals surface area contributed by atoms with Gasteiger partial charge in [0.15, 0.2) is 23.3 Å². The molecule has 11 heteroatoms. The van der Waals surface area contributed by atoms with Crippen LogP contribution in [0.25, 0.3) is 11.5 Å². The Morgan fingerprint density at radius 1 is 1.11 bits per heavy atom. The molecule has 0 radical (unpaired) electrons. The zero-order valence-corrected chi connectivity index (χ0v) is 19.1. The standard InChI is InChI=1S/C24H23F2N7O2/c1-33-22(31-32-23(33)20-8-9-27-14-29-20)12-28-17-5-3-4-16(10-17)24(34)30-21(13-35-2)15-6-7-18(25)19(26)11-15/h3-11,14,21,28H,12-13H2,1-2H3,(H,30,34). The van der Waals surface area contributed by atoms with Crippen LogP contribution < -0.4 is 10.6 Å². The number of halogens is 2. The van der Waals surface area contributed by atoms with Gasteiger partial charge in [0.25, 0.3) is 5.91 Å². The van der Waals surface area contributed by atoms with Gasteiger partial charge >= 0.3 is 0 Å². The predicted molar refractivity (Wildman–Crippen MR) is 124 cm³/mol. The predicted octanol–water partition coefficient (Wildman–Crippen LogP) is 3.28. The molecule has 0 spiro atoms. The number of nitrogens with one attached hydrogen (secondary N) is 2. The fourth-order valence-corrected chi connectivity index (χ4v) is 3.47. The van der Waals surface area contributed by atoms with Crippen molar-refractivity contribution in [2.24, 2.45) is 7.05 Å². The number of nitrogens with zero attached hydrogens (tertiary/aromatic N) is 5. The molecular formula is C24H23F2N7O2. The van der Waals surface area contributed by atoms with Gasteiger partial charge in [-0.05, 0) is 42.0 Å². The van der Waals surface area contributed by atoms with Gasteiger partial charge in [0, 0.05) is 31.6 Å². The summed E-state index contributed by atoms with van der Waals surface area (Å²) >= 11 is 0. The Morgan fingerprint density at radius 3 is 2.71 bits per heavy atom. The van der Waals surface area contributed by atoms with Crippen molar-refractivity contribution in [3.63, 3.8) is 0 Å². The number of carbonyl (C=O) groups is 1. The van der Waals surface area contributed by atoms with Crippen LogP contribution in [0.4, 0.5) is 14.5 Å². The topological polar surface area (TPSA) is 107 Å². The number of rotatable bonds is 9. The molecular weight excluding hydrogens is 456 g/mol. The van der Waals surface area contributed by atoms with Crippen LogP contribution in [-0.2, 0) is 18.3 Å². The number of hydrogen-bond acceptors (Lipinski definition) is 7. The molecule has 0 bridgehead atoms. The smallest absolute Gasteiger partial charge is 0.251 e. The highest BCUT2D eigenvalue weighted by Gasteiger charge is 2.18. The summed E-state index contributed by atoms with van der Waals surface area (Å²) in [6, 6.07) is 11.5. The molecule has 0 saturated carbocycles. The third kappa shape index (κ3) is 5.64. The Bertz CT molecular complexity index is 1310. The van der Waals surface area contributed by atoms with E-state index in [1.54, 1.807) is 30.5 Å². The molecule has 9 nitrogen and oxygen atoms in total. The van der Waals surface area contributed by atoms with E-state index in [0.29, 0.717) is 40.7 Å². The van der Waals surface area contributed by atoms with Gasteiger partial charge in [-0.1, -0.05) is 12.1 Å². The van der Waals surface area contributed by atoms with E-state index >= 15 is 0 Å². The summed E-state index contributed by atoms with van der Waals surface area (Å²) in [5, 5.41) is 14.4. The molecule has 2 heterocycles. The second-order valence-electron chi connectivity index (χ2n) is 7.68. The van der Waals surface area contributed by atoms with Gasteiger partial charge in [-0.25, -0.2) is 18.7 Å². The molecule has 0 fully saturated rings. The van der Waals surface area contributed by atoms with E-state index in [2.05, 4.69) is 30.8 Å². The van der Waals surface area contributed by atoms with E-state index in [9.17, 15) is 13.6 Å². The SMILES string of the molecule is COCC(NC(=O)c1cccc(NCc2nnc(-c3ccncn3)n2C)c1)c1ccc(F)c(F)c1. The Labute approximate surface area is 200 Å². The fraction of sp³-hybridized carbons (Fsp3) is 0.208. The average molecular weight is 479 g/mol. The molecule has 1 atom stereocenters. The number of amides is 1. The van der Waals surface area contributed by atoms with Crippen molar-refractivity contribution in [3.8, 4) is 11.5 Å². The molecule has 1 amide bonds. The molecule has 2 aromatic heterocycles. The maximum Gasteiger partial charge on any atom is 0.251 e. The van der Waals surface area contributed by atoms with Gasteiger partial charge in [-0.3, -0.25) is 4.79 Å². The lowest BCUT2D eigenvalue weighted by Crippen LogP contribution is -2.31. The van der Waals surface area contributed by atoms with Crippen molar-refractivity contribution in [3.05, 3.63) is 89.6 Å². The summed E-state index contributed by atoms with van der Waals surface area (Å²) in [7, 11) is 3.30. The molecule has 0 aliphatic carbocycles. The molecule has 180 valence electrons. The van der Waals surface area contributed by atoms with Gasteiger partial charge in [-0.15, -0.1) is 10.2 Å². The minimum absolute atomic E-state index is 0.0928. The minimum atomic E-state index is -0.990. The number of methoxy groups -OCH3 is 1. The monoisotopic (exact) mass is 479 g/mol. The number of aromatic nitrogens is 5. The Kier molecular flexibility index (Phi) is 7.36. The van der Waals surface area contributed by atoms with E-state index in [-0.39, 0.29) is 12.5 Å². The number of anilines is 1. The van der Waals surface area contributed by atoms with E-state index in [1.165, 1.54) is 19.5 Å². The van der Waals surface area contributed by atoms with Gasteiger partial charge in [-0.2, -0.15) is 0 Å².